The zero-order valence-corrected chi connectivity index (χ0v) is 13.1. The quantitative estimate of drug-likeness (QED) is 0.446. The fourth-order valence-electron chi connectivity index (χ4n) is 2.66. The van der Waals surface area contributed by atoms with Crippen molar-refractivity contribution in [2.24, 2.45) is 5.73 Å². The van der Waals surface area contributed by atoms with Crippen LogP contribution in [0, 0.1) is 17.5 Å². The summed E-state index contributed by atoms with van der Waals surface area (Å²) in [5, 5.41) is 0.627. The molecule has 0 fully saturated rings. The SMILES string of the molecule is CCOC(=O)C(=CN)c1nc2c(F)cc(F)cc2c2cc(F)ccc12. The Kier molecular flexibility index (Phi) is 4.31. The molecule has 4 nitrogen and oxygen atoms in total. The Morgan fingerprint density at radius 2 is 1.84 bits per heavy atom. The average molecular weight is 346 g/mol. The van der Waals surface area contributed by atoms with Gasteiger partial charge in [-0.05, 0) is 36.6 Å². The number of fused-ring (bicyclic) bond motifs is 3. The number of rotatable bonds is 3. The summed E-state index contributed by atoms with van der Waals surface area (Å²) >= 11 is 0. The van der Waals surface area contributed by atoms with E-state index >= 15 is 0 Å². The molecule has 3 aromatic rings. The van der Waals surface area contributed by atoms with Crippen LogP contribution in [0.2, 0.25) is 0 Å². The molecule has 0 saturated heterocycles. The van der Waals surface area contributed by atoms with Crippen LogP contribution in [0.15, 0.2) is 36.5 Å². The van der Waals surface area contributed by atoms with Gasteiger partial charge in [0.25, 0.3) is 0 Å². The van der Waals surface area contributed by atoms with Crippen molar-refractivity contribution in [3.63, 3.8) is 0 Å². The monoisotopic (exact) mass is 346 g/mol. The van der Waals surface area contributed by atoms with Gasteiger partial charge in [-0.25, -0.2) is 22.9 Å². The van der Waals surface area contributed by atoms with Crippen LogP contribution in [0.3, 0.4) is 0 Å². The first-order chi connectivity index (χ1) is 12.0. The van der Waals surface area contributed by atoms with Crippen molar-refractivity contribution in [1.82, 2.24) is 4.98 Å². The zero-order valence-electron chi connectivity index (χ0n) is 13.1. The molecule has 0 bridgehead atoms. The lowest BCUT2D eigenvalue weighted by atomic mass is 10.00. The predicted molar refractivity (Wildman–Crippen MR) is 87.9 cm³/mol. The number of hydrogen-bond acceptors (Lipinski definition) is 4. The summed E-state index contributed by atoms with van der Waals surface area (Å²) in [6, 6.07) is 5.39. The summed E-state index contributed by atoms with van der Waals surface area (Å²) in [6.07, 6.45) is 0.996. The number of halogens is 3. The Labute approximate surface area is 140 Å². The summed E-state index contributed by atoms with van der Waals surface area (Å²) in [4.78, 5) is 16.3. The Morgan fingerprint density at radius 1 is 1.12 bits per heavy atom. The first-order valence-corrected chi connectivity index (χ1v) is 7.43. The Balaban J connectivity index is 2.44. The van der Waals surface area contributed by atoms with Crippen LogP contribution in [0.25, 0.3) is 27.2 Å². The van der Waals surface area contributed by atoms with Crippen molar-refractivity contribution in [3.05, 3.63) is 59.7 Å². The molecule has 0 radical (unpaired) electrons. The van der Waals surface area contributed by atoms with Crippen LogP contribution < -0.4 is 5.73 Å². The van der Waals surface area contributed by atoms with E-state index in [2.05, 4.69) is 4.98 Å². The lowest BCUT2D eigenvalue weighted by Crippen LogP contribution is -2.10. The number of nitrogens with zero attached hydrogens (tertiary/aromatic N) is 1. The fourth-order valence-corrected chi connectivity index (χ4v) is 2.66. The highest BCUT2D eigenvalue weighted by atomic mass is 19.1. The lowest BCUT2D eigenvalue weighted by Gasteiger charge is -2.12. The number of nitrogens with two attached hydrogens (primary N) is 1. The van der Waals surface area contributed by atoms with Crippen LogP contribution in [-0.2, 0) is 9.53 Å². The van der Waals surface area contributed by atoms with Gasteiger partial charge in [-0.15, -0.1) is 0 Å². The summed E-state index contributed by atoms with van der Waals surface area (Å²) in [6.45, 7) is 1.73. The molecule has 1 aromatic heterocycles. The summed E-state index contributed by atoms with van der Waals surface area (Å²) in [7, 11) is 0. The smallest absolute Gasteiger partial charge is 0.341 e. The Morgan fingerprint density at radius 3 is 2.52 bits per heavy atom. The zero-order chi connectivity index (χ0) is 18.1. The molecular weight excluding hydrogens is 333 g/mol. The van der Waals surface area contributed by atoms with Gasteiger partial charge in [0.1, 0.15) is 22.7 Å². The molecule has 0 unspecified atom stereocenters. The summed E-state index contributed by atoms with van der Waals surface area (Å²) in [5.41, 5.74) is 5.28. The van der Waals surface area contributed by atoms with Gasteiger partial charge in [0, 0.05) is 23.0 Å². The molecule has 0 aliphatic heterocycles. The average Bonchev–Trinajstić information content (AvgIpc) is 2.56. The molecule has 0 aliphatic rings. The van der Waals surface area contributed by atoms with E-state index in [1.165, 1.54) is 6.07 Å². The maximum atomic E-state index is 14.2. The highest BCUT2D eigenvalue weighted by Crippen LogP contribution is 2.32. The van der Waals surface area contributed by atoms with E-state index in [9.17, 15) is 18.0 Å². The number of benzene rings is 2. The van der Waals surface area contributed by atoms with E-state index in [0.717, 1.165) is 24.4 Å². The van der Waals surface area contributed by atoms with Crippen LogP contribution in [0.4, 0.5) is 13.2 Å². The molecule has 7 heteroatoms. The molecule has 0 atom stereocenters. The van der Waals surface area contributed by atoms with Gasteiger partial charge in [0.15, 0.2) is 5.82 Å². The van der Waals surface area contributed by atoms with Crippen molar-refractivity contribution >= 4 is 33.2 Å². The molecule has 25 heavy (non-hydrogen) atoms. The molecule has 0 spiro atoms. The molecule has 3 rings (SSSR count). The predicted octanol–water partition coefficient (Wildman–Crippen LogP) is 3.67. The molecular formula is C18H13F3N2O2. The first kappa shape index (κ1) is 16.8. The van der Waals surface area contributed by atoms with Gasteiger partial charge in [-0.2, -0.15) is 0 Å². The van der Waals surface area contributed by atoms with Gasteiger partial charge < -0.3 is 10.5 Å². The number of carbonyl (C=O) groups excluding carboxylic acids is 1. The Hall–Kier alpha value is -3.09. The number of carbonyl (C=O) groups is 1. The number of hydrogen-bond donors (Lipinski definition) is 1. The number of pyridine rings is 1. The van der Waals surface area contributed by atoms with Gasteiger partial charge in [-0.3, -0.25) is 0 Å². The minimum Gasteiger partial charge on any atom is -0.462 e. The van der Waals surface area contributed by atoms with Crippen LogP contribution in [-0.4, -0.2) is 17.6 Å². The lowest BCUT2D eigenvalue weighted by molar-refractivity contribution is -0.136. The van der Waals surface area contributed by atoms with Gasteiger partial charge in [0.05, 0.1) is 12.3 Å². The Bertz CT molecular complexity index is 1030. The van der Waals surface area contributed by atoms with Gasteiger partial charge >= 0.3 is 5.97 Å². The third-order valence-electron chi connectivity index (χ3n) is 3.70. The number of esters is 1. The first-order valence-electron chi connectivity index (χ1n) is 7.43. The van der Waals surface area contributed by atoms with Crippen LogP contribution >= 0.6 is 0 Å². The standard InChI is InChI=1S/C18H13F3N2O2/c1-2-25-18(24)14(8-22)16-11-4-3-9(19)5-12(11)13-6-10(20)7-15(21)17(13)23-16/h3-8H,2,22H2,1H3. The molecule has 0 amide bonds. The van der Waals surface area contributed by atoms with E-state index in [4.69, 9.17) is 10.5 Å². The largest absolute Gasteiger partial charge is 0.462 e. The van der Waals surface area contributed by atoms with Gasteiger partial charge in [-0.1, -0.05) is 0 Å². The van der Waals surface area contributed by atoms with E-state index < -0.39 is 23.4 Å². The van der Waals surface area contributed by atoms with E-state index in [0.29, 0.717) is 11.5 Å². The third kappa shape index (κ3) is 2.88. The fraction of sp³-hybridized carbons (Fsp3) is 0.111. The van der Waals surface area contributed by atoms with E-state index in [1.54, 1.807) is 6.92 Å². The third-order valence-corrected chi connectivity index (χ3v) is 3.70. The normalized spacial score (nSPS) is 11.9. The van der Waals surface area contributed by atoms with Crippen molar-refractivity contribution in [3.8, 4) is 0 Å². The molecule has 0 saturated carbocycles. The molecule has 128 valence electrons. The van der Waals surface area contributed by atoms with Crippen LogP contribution in [0.5, 0.6) is 0 Å². The van der Waals surface area contributed by atoms with Crippen molar-refractivity contribution in [2.75, 3.05) is 6.61 Å². The van der Waals surface area contributed by atoms with Crippen LogP contribution in [0.1, 0.15) is 12.6 Å². The topological polar surface area (TPSA) is 65.2 Å². The maximum Gasteiger partial charge on any atom is 0.341 e. The molecule has 0 aliphatic carbocycles. The second-order valence-corrected chi connectivity index (χ2v) is 5.23. The van der Waals surface area contributed by atoms with E-state index in [-0.39, 0.29) is 34.2 Å². The highest BCUT2D eigenvalue weighted by Gasteiger charge is 2.21. The van der Waals surface area contributed by atoms with Crippen molar-refractivity contribution in [2.45, 2.75) is 6.92 Å². The molecule has 2 aromatic carbocycles. The minimum atomic E-state index is -0.928. The summed E-state index contributed by atoms with van der Waals surface area (Å²) < 4.78 is 46.5. The van der Waals surface area contributed by atoms with E-state index in [1.807, 2.05) is 0 Å². The van der Waals surface area contributed by atoms with Crippen molar-refractivity contribution < 1.29 is 22.7 Å². The van der Waals surface area contributed by atoms with Crippen molar-refractivity contribution in [1.29, 1.82) is 0 Å². The number of aromatic nitrogens is 1. The molecule has 1 heterocycles. The maximum absolute atomic E-state index is 14.2. The van der Waals surface area contributed by atoms with Gasteiger partial charge in [0.2, 0.25) is 0 Å². The minimum absolute atomic E-state index is 0.0361. The highest BCUT2D eigenvalue weighted by molar-refractivity contribution is 6.21. The number of ether oxygens (including phenoxy) is 1. The molecule has 2 N–H and O–H groups in total. The summed E-state index contributed by atoms with van der Waals surface area (Å²) in [5.74, 6) is -3.08. The second-order valence-electron chi connectivity index (χ2n) is 5.23. The second kappa shape index (κ2) is 6.43.